The normalized spacial score (nSPS) is 12.2. The Labute approximate surface area is 165 Å². The molecule has 3 rings (SSSR count). The molecule has 26 heavy (non-hydrogen) atoms. The van der Waals surface area contributed by atoms with Crippen LogP contribution in [0.5, 0.6) is 0 Å². The van der Waals surface area contributed by atoms with E-state index in [0.717, 1.165) is 30.2 Å². The van der Waals surface area contributed by atoms with Gasteiger partial charge in [0.15, 0.2) is 0 Å². The SMILES string of the molecule is Cc1ccc(CSC(CCCn2ccnc2)Cc2ccc(Cl)cc2)cc1. The molecule has 0 spiro atoms. The molecule has 0 aliphatic heterocycles. The van der Waals surface area contributed by atoms with Gasteiger partial charge < -0.3 is 4.57 Å². The molecule has 1 unspecified atom stereocenters. The first-order valence-electron chi connectivity index (χ1n) is 9.06. The maximum atomic E-state index is 6.03. The molecule has 0 saturated heterocycles. The molecule has 0 radical (unpaired) electrons. The number of hydrogen-bond donors (Lipinski definition) is 0. The van der Waals surface area contributed by atoms with Crippen LogP contribution in [0.4, 0.5) is 0 Å². The van der Waals surface area contributed by atoms with E-state index in [1.54, 1.807) is 0 Å². The largest absolute Gasteiger partial charge is 0.337 e. The van der Waals surface area contributed by atoms with Gasteiger partial charge in [0.1, 0.15) is 0 Å². The first kappa shape index (κ1) is 19.1. The quantitative estimate of drug-likeness (QED) is 0.439. The Kier molecular flexibility index (Phi) is 7.22. The number of aryl methyl sites for hydroxylation is 2. The van der Waals surface area contributed by atoms with Crippen molar-refractivity contribution in [3.8, 4) is 0 Å². The van der Waals surface area contributed by atoms with Crippen LogP contribution in [0.2, 0.25) is 5.02 Å². The first-order valence-corrected chi connectivity index (χ1v) is 10.5. The number of imidazole rings is 1. The fourth-order valence-corrected chi connectivity index (χ4v) is 4.34. The molecular weight excluding hydrogens is 360 g/mol. The van der Waals surface area contributed by atoms with Crippen LogP contribution >= 0.6 is 23.4 Å². The van der Waals surface area contributed by atoms with E-state index < -0.39 is 0 Å². The zero-order chi connectivity index (χ0) is 18.2. The zero-order valence-electron chi connectivity index (χ0n) is 15.1. The van der Waals surface area contributed by atoms with Crippen LogP contribution in [-0.4, -0.2) is 14.8 Å². The minimum atomic E-state index is 0.598. The molecule has 0 amide bonds. The maximum Gasteiger partial charge on any atom is 0.0945 e. The monoisotopic (exact) mass is 384 g/mol. The number of rotatable bonds is 9. The minimum absolute atomic E-state index is 0.598. The highest BCUT2D eigenvalue weighted by Gasteiger charge is 2.11. The summed E-state index contributed by atoms with van der Waals surface area (Å²) < 4.78 is 2.16. The Hall–Kier alpha value is -1.71. The van der Waals surface area contributed by atoms with Crippen molar-refractivity contribution >= 4 is 23.4 Å². The molecule has 0 N–H and O–H groups in total. The molecule has 2 aromatic carbocycles. The number of benzene rings is 2. The molecule has 3 aromatic rings. The highest BCUT2D eigenvalue weighted by atomic mass is 35.5. The summed E-state index contributed by atoms with van der Waals surface area (Å²) in [6.45, 7) is 3.17. The fraction of sp³-hybridized carbons (Fsp3) is 0.318. The summed E-state index contributed by atoms with van der Waals surface area (Å²) in [6.07, 6.45) is 9.21. The van der Waals surface area contributed by atoms with E-state index in [4.69, 9.17) is 11.6 Å². The van der Waals surface area contributed by atoms with Gasteiger partial charge in [-0.25, -0.2) is 4.98 Å². The van der Waals surface area contributed by atoms with E-state index in [1.807, 2.05) is 30.9 Å². The third-order valence-electron chi connectivity index (χ3n) is 4.48. The average Bonchev–Trinajstić information content (AvgIpc) is 3.16. The van der Waals surface area contributed by atoms with Crippen molar-refractivity contribution in [2.45, 2.75) is 43.7 Å². The molecule has 0 aliphatic rings. The van der Waals surface area contributed by atoms with E-state index in [-0.39, 0.29) is 0 Å². The molecule has 0 bridgehead atoms. The number of hydrogen-bond acceptors (Lipinski definition) is 2. The predicted molar refractivity (Wildman–Crippen MR) is 113 cm³/mol. The van der Waals surface area contributed by atoms with Gasteiger partial charge in [0.05, 0.1) is 6.33 Å². The third-order valence-corrected chi connectivity index (χ3v) is 6.11. The summed E-state index contributed by atoms with van der Waals surface area (Å²) >= 11 is 8.09. The van der Waals surface area contributed by atoms with Gasteiger partial charge in [-0.2, -0.15) is 11.8 Å². The molecule has 1 aromatic heterocycles. The smallest absolute Gasteiger partial charge is 0.0945 e. The molecular formula is C22H25ClN2S. The molecule has 4 heteroatoms. The van der Waals surface area contributed by atoms with E-state index in [2.05, 4.69) is 64.6 Å². The highest BCUT2D eigenvalue weighted by molar-refractivity contribution is 7.99. The Morgan fingerprint density at radius 3 is 2.46 bits per heavy atom. The second kappa shape index (κ2) is 9.84. The van der Waals surface area contributed by atoms with E-state index in [0.29, 0.717) is 5.25 Å². The zero-order valence-corrected chi connectivity index (χ0v) is 16.7. The van der Waals surface area contributed by atoms with Crippen LogP contribution < -0.4 is 0 Å². The van der Waals surface area contributed by atoms with Crippen molar-refractivity contribution in [1.82, 2.24) is 9.55 Å². The summed E-state index contributed by atoms with van der Waals surface area (Å²) in [7, 11) is 0. The molecule has 0 fully saturated rings. The minimum Gasteiger partial charge on any atom is -0.337 e. The lowest BCUT2D eigenvalue weighted by molar-refractivity contribution is 0.594. The van der Waals surface area contributed by atoms with Crippen molar-refractivity contribution in [2.24, 2.45) is 0 Å². The summed E-state index contributed by atoms with van der Waals surface area (Å²) in [5, 5.41) is 1.40. The van der Waals surface area contributed by atoms with Crippen LogP contribution in [0, 0.1) is 6.92 Å². The van der Waals surface area contributed by atoms with Gasteiger partial charge in [-0.15, -0.1) is 0 Å². The highest BCUT2D eigenvalue weighted by Crippen LogP contribution is 2.26. The molecule has 1 atom stereocenters. The summed E-state index contributed by atoms with van der Waals surface area (Å²) in [4.78, 5) is 4.12. The van der Waals surface area contributed by atoms with Crippen molar-refractivity contribution in [3.63, 3.8) is 0 Å². The Morgan fingerprint density at radius 2 is 1.77 bits per heavy atom. The van der Waals surface area contributed by atoms with Gasteiger partial charge in [-0.1, -0.05) is 53.6 Å². The molecule has 0 saturated carbocycles. The summed E-state index contributed by atoms with van der Waals surface area (Å²) in [5.41, 5.74) is 4.08. The number of thioether (sulfide) groups is 1. The average molecular weight is 385 g/mol. The Balaban J connectivity index is 1.57. The maximum absolute atomic E-state index is 6.03. The lowest BCUT2D eigenvalue weighted by Gasteiger charge is -2.17. The van der Waals surface area contributed by atoms with Crippen molar-refractivity contribution in [2.75, 3.05) is 0 Å². The van der Waals surface area contributed by atoms with Crippen molar-refractivity contribution < 1.29 is 0 Å². The van der Waals surface area contributed by atoms with Gasteiger partial charge in [0, 0.05) is 35.0 Å². The Morgan fingerprint density at radius 1 is 1.04 bits per heavy atom. The third kappa shape index (κ3) is 6.22. The van der Waals surface area contributed by atoms with E-state index in [9.17, 15) is 0 Å². The molecule has 2 nitrogen and oxygen atoms in total. The van der Waals surface area contributed by atoms with Gasteiger partial charge in [-0.3, -0.25) is 0 Å². The molecule has 0 aliphatic carbocycles. The van der Waals surface area contributed by atoms with E-state index >= 15 is 0 Å². The number of aromatic nitrogens is 2. The predicted octanol–water partition coefficient (Wildman–Crippen LogP) is 6.17. The fourth-order valence-electron chi connectivity index (χ4n) is 2.95. The lowest BCUT2D eigenvalue weighted by Crippen LogP contribution is -2.09. The van der Waals surface area contributed by atoms with Gasteiger partial charge in [0.25, 0.3) is 0 Å². The number of nitrogens with zero attached hydrogens (tertiary/aromatic N) is 2. The summed E-state index contributed by atoms with van der Waals surface area (Å²) in [5.74, 6) is 1.06. The van der Waals surface area contributed by atoms with Gasteiger partial charge in [0.2, 0.25) is 0 Å². The van der Waals surface area contributed by atoms with E-state index in [1.165, 1.54) is 23.1 Å². The van der Waals surface area contributed by atoms with Crippen LogP contribution in [0.1, 0.15) is 29.5 Å². The van der Waals surface area contributed by atoms with Gasteiger partial charge >= 0.3 is 0 Å². The van der Waals surface area contributed by atoms with Crippen LogP contribution in [0.15, 0.2) is 67.3 Å². The lowest BCUT2D eigenvalue weighted by atomic mass is 10.1. The van der Waals surface area contributed by atoms with Crippen molar-refractivity contribution in [3.05, 3.63) is 89.0 Å². The molecule has 1 heterocycles. The second-order valence-electron chi connectivity index (χ2n) is 6.69. The Bertz CT molecular complexity index is 767. The standard InChI is InChI=1S/C22H25ClN2S/c1-18-4-6-20(7-5-18)16-26-22(3-2-13-25-14-12-24-17-25)15-19-8-10-21(23)11-9-19/h4-12,14,17,22H,2-3,13,15-16H2,1H3. The van der Waals surface area contributed by atoms with Crippen molar-refractivity contribution in [1.29, 1.82) is 0 Å². The first-order chi connectivity index (χ1) is 12.7. The summed E-state index contributed by atoms with van der Waals surface area (Å²) in [6, 6.07) is 17.2. The topological polar surface area (TPSA) is 17.8 Å². The van der Waals surface area contributed by atoms with Crippen LogP contribution in [0.3, 0.4) is 0 Å². The number of halogens is 1. The van der Waals surface area contributed by atoms with Crippen LogP contribution in [-0.2, 0) is 18.7 Å². The second-order valence-corrected chi connectivity index (χ2v) is 8.42. The van der Waals surface area contributed by atoms with Gasteiger partial charge in [-0.05, 0) is 49.4 Å². The van der Waals surface area contributed by atoms with Crippen LogP contribution in [0.25, 0.3) is 0 Å². The molecule has 136 valence electrons.